The van der Waals surface area contributed by atoms with Crippen LogP contribution in [-0.4, -0.2) is 39.0 Å². The number of hydrogen-bond acceptors (Lipinski definition) is 5. The van der Waals surface area contributed by atoms with Crippen molar-refractivity contribution in [3.05, 3.63) is 53.4 Å². The lowest BCUT2D eigenvalue weighted by molar-refractivity contribution is 0.0938. The van der Waals surface area contributed by atoms with Crippen molar-refractivity contribution in [2.75, 3.05) is 7.11 Å². The predicted molar refractivity (Wildman–Crippen MR) is 98.8 cm³/mol. The molecule has 0 aliphatic rings. The second-order valence-corrected chi connectivity index (χ2v) is 6.32. The van der Waals surface area contributed by atoms with Crippen LogP contribution in [0.25, 0.3) is 16.9 Å². The van der Waals surface area contributed by atoms with Crippen LogP contribution in [-0.2, 0) is 0 Å². The quantitative estimate of drug-likeness (QED) is 0.745. The monoisotopic (exact) mass is 371 g/mol. The van der Waals surface area contributed by atoms with Gasteiger partial charge in [-0.2, -0.15) is 0 Å². The van der Waals surface area contributed by atoms with Crippen molar-refractivity contribution >= 4 is 17.5 Å². The molecule has 7 nitrogen and oxygen atoms in total. The smallest absolute Gasteiger partial charge is 0.274 e. The number of pyridine rings is 1. The average Bonchev–Trinajstić information content (AvgIpc) is 3.07. The number of hydrogen-bond donors (Lipinski definition) is 1. The van der Waals surface area contributed by atoms with E-state index in [0.29, 0.717) is 22.2 Å². The van der Waals surface area contributed by atoms with Crippen molar-refractivity contribution in [2.24, 2.45) is 0 Å². The molecule has 0 saturated carbocycles. The zero-order valence-electron chi connectivity index (χ0n) is 14.6. The van der Waals surface area contributed by atoms with E-state index in [1.54, 1.807) is 54.5 Å². The number of rotatable bonds is 5. The molecule has 0 saturated heterocycles. The topological polar surface area (TPSA) is 81.9 Å². The van der Waals surface area contributed by atoms with Crippen LogP contribution >= 0.6 is 11.6 Å². The van der Waals surface area contributed by atoms with Crippen LogP contribution in [0.5, 0.6) is 5.75 Å². The third-order valence-electron chi connectivity index (χ3n) is 3.63. The van der Waals surface area contributed by atoms with Crippen LogP contribution in [0.4, 0.5) is 0 Å². The summed E-state index contributed by atoms with van der Waals surface area (Å²) in [6, 6.07) is 8.72. The molecule has 2 heterocycles. The molecule has 26 heavy (non-hydrogen) atoms. The molecule has 3 aromatic rings. The predicted octanol–water partition coefficient (Wildman–Crippen LogP) is 3.13. The Balaban J connectivity index is 2.23. The number of carbonyl (C=O) groups is 1. The van der Waals surface area contributed by atoms with Crippen molar-refractivity contribution in [1.82, 2.24) is 25.3 Å². The highest BCUT2D eigenvalue weighted by atomic mass is 35.5. The first-order chi connectivity index (χ1) is 12.5. The molecule has 1 amide bonds. The van der Waals surface area contributed by atoms with E-state index in [2.05, 4.69) is 20.6 Å². The Morgan fingerprint density at radius 2 is 1.96 bits per heavy atom. The number of halogens is 1. The molecule has 1 N–H and O–H groups in total. The van der Waals surface area contributed by atoms with Gasteiger partial charge in [-0.3, -0.25) is 9.78 Å². The Hall–Kier alpha value is -2.93. The molecule has 0 atom stereocenters. The van der Waals surface area contributed by atoms with Crippen molar-refractivity contribution in [3.8, 4) is 22.7 Å². The van der Waals surface area contributed by atoms with Crippen molar-refractivity contribution < 1.29 is 9.53 Å². The van der Waals surface area contributed by atoms with Gasteiger partial charge in [-0.1, -0.05) is 16.8 Å². The van der Waals surface area contributed by atoms with E-state index >= 15 is 0 Å². The zero-order chi connectivity index (χ0) is 18.7. The summed E-state index contributed by atoms with van der Waals surface area (Å²) in [6.07, 6.45) is 3.29. The van der Waals surface area contributed by atoms with Gasteiger partial charge in [-0.25, -0.2) is 4.68 Å². The molecule has 8 heteroatoms. The van der Waals surface area contributed by atoms with Gasteiger partial charge >= 0.3 is 0 Å². The molecular formula is C18H18ClN5O2. The van der Waals surface area contributed by atoms with E-state index in [1.165, 1.54) is 0 Å². The number of amides is 1. The number of nitrogens with zero attached hydrogens (tertiary/aromatic N) is 4. The molecule has 3 rings (SSSR count). The van der Waals surface area contributed by atoms with Gasteiger partial charge in [-0.15, -0.1) is 5.10 Å². The summed E-state index contributed by atoms with van der Waals surface area (Å²) in [5.41, 5.74) is 2.09. The molecule has 0 radical (unpaired) electrons. The SMILES string of the molecule is COc1ccc(Cl)cc1-n1nnc(C(=O)NC(C)C)c1-c1ccncc1. The maximum atomic E-state index is 12.6. The minimum Gasteiger partial charge on any atom is -0.494 e. The highest BCUT2D eigenvalue weighted by molar-refractivity contribution is 6.30. The fraction of sp³-hybridized carbons (Fsp3) is 0.222. The summed E-state index contributed by atoms with van der Waals surface area (Å²) in [6.45, 7) is 3.77. The fourth-order valence-electron chi connectivity index (χ4n) is 2.53. The molecular weight excluding hydrogens is 354 g/mol. The van der Waals surface area contributed by atoms with Gasteiger partial charge in [0.1, 0.15) is 17.1 Å². The van der Waals surface area contributed by atoms with E-state index in [4.69, 9.17) is 16.3 Å². The molecule has 134 valence electrons. The van der Waals surface area contributed by atoms with Crippen LogP contribution in [0.15, 0.2) is 42.7 Å². The highest BCUT2D eigenvalue weighted by Gasteiger charge is 2.24. The fourth-order valence-corrected chi connectivity index (χ4v) is 2.70. The third-order valence-corrected chi connectivity index (χ3v) is 3.86. The van der Waals surface area contributed by atoms with Crippen LogP contribution < -0.4 is 10.1 Å². The Kier molecular flexibility index (Phi) is 5.18. The van der Waals surface area contributed by atoms with Crippen LogP contribution in [0, 0.1) is 0 Å². The largest absolute Gasteiger partial charge is 0.494 e. The first-order valence-electron chi connectivity index (χ1n) is 8.02. The Labute approximate surface area is 156 Å². The number of methoxy groups -OCH3 is 1. The standard InChI is InChI=1S/C18H18ClN5O2/c1-11(2)21-18(25)16-17(12-6-8-20-9-7-12)24(23-22-16)14-10-13(19)4-5-15(14)26-3/h4-11H,1-3H3,(H,21,25). The number of ether oxygens (including phenoxy) is 1. The van der Waals surface area contributed by atoms with Crippen molar-refractivity contribution in [3.63, 3.8) is 0 Å². The van der Waals surface area contributed by atoms with Gasteiger partial charge in [0.25, 0.3) is 5.91 Å². The number of benzene rings is 1. The van der Waals surface area contributed by atoms with Gasteiger partial charge in [0.2, 0.25) is 0 Å². The average molecular weight is 372 g/mol. The lowest BCUT2D eigenvalue weighted by Gasteiger charge is -2.13. The summed E-state index contributed by atoms with van der Waals surface area (Å²) in [4.78, 5) is 16.6. The molecule has 0 aliphatic carbocycles. The summed E-state index contributed by atoms with van der Waals surface area (Å²) in [5.74, 6) is 0.254. The second-order valence-electron chi connectivity index (χ2n) is 5.88. The van der Waals surface area contributed by atoms with Gasteiger partial charge in [0, 0.05) is 29.0 Å². The summed E-state index contributed by atoms with van der Waals surface area (Å²) < 4.78 is 6.97. The van der Waals surface area contributed by atoms with E-state index in [9.17, 15) is 4.79 Å². The number of aromatic nitrogens is 4. The van der Waals surface area contributed by atoms with E-state index in [-0.39, 0.29) is 17.6 Å². The van der Waals surface area contributed by atoms with Gasteiger partial charge < -0.3 is 10.1 Å². The Morgan fingerprint density at radius 3 is 2.62 bits per heavy atom. The van der Waals surface area contributed by atoms with Crippen LogP contribution in [0.1, 0.15) is 24.3 Å². The van der Waals surface area contributed by atoms with Crippen molar-refractivity contribution in [2.45, 2.75) is 19.9 Å². The minimum absolute atomic E-state index is 0.0290. The Bertz CT molecular complexity index is 925. The Morgan fingerprint density at radius 1 is 1.23 bits per heavy atom. The van der Waals surface area contributed by atoms with E-state index in [0.717, 1.165) is 5.56 Å². The highest BCUT2D eigenvalue weighted by Crippen LogP contribution is 2.31. The lowest BCUT2D eigenvalue weighted by atomic mass is 10.1. The maximum Gasteiger partial charge on any atom is 0.274 e. The molecule has 0 fully saturated rings. The maximum absolute atomic E-state index is 12.6. The molecule has 0 unspecified atom stereocenters. The van der Waals surface area contributed by atoms with Crippen molar-refractivity contribution in [1.29, 1.82) is 0 Å². The number of nitrogens with one attached hydrogen (secondary N) is 1. The van der Waals surface area contributed by atoms with Gasteiger partial charge in [0.05, 0.1) is 7.11 Å². The zero-order valence-corrected chi connectivity index (χ0v) is 15.4. The van der Waals surface area contributed by atoms with Crippen LogP contribution in [0.3, 0.4) is 0 Å². The second kappa shape index (κ2) is 7.53. The van der Waals surface area contributed by atoms with E-state index in [1.807, 2.05) is 13.8 Å². The first-order valence-corrected chi connectivity index (χ1v) is 8.40. The van der Waals surface area contributed by atoms with E-state index < -0.39 is 0 Å². The molecule has 1 aromatic carbocycles. The first kappa shape index (κ1) is 17.9. The summed E-state index contributed by atoms with van der Waals surface area (Å²) in [7, 11) is 1.56. The molecule has 0 aliphatic heterocycles. The normalized spacial score (nSPS) is 10.8. The summed E-state index contributed by atoms with van der Waals surface area (Å²) in [5, 5.41) is 11.7. The van der Waals surface area contributed by atoms with Gasteiger partial charge in [-0.05, 0) is 44.2 Å². The third kappa shape index (κ3) is 3.52. The summed E-state index contributed by atoms with van der Waals surface area (Å²) >= 11 is 6.15. The van der Waals surface area contributed by atoms with Gasteiger partial charge in [0.15, 0.2) is 5.69 Å². The van der Waals surface area contributed by atoms with Crippen LogP contribution in [0.2, 0.25) is 5.02 Å². The lowest BCUT2D eigenvalue weighted by Crippen LogP contribution is -2.30. The molecule has 0 spiro atoms. The molecule has 0 bridgehead atoms. The minimum atomic E-state index is -0.306. The number of carbonyl (C=O) groups excluding carboxylic acids is 1. The molecule has 2 aromatic heterocycles.